The summed E-state index contributed by atoms with van der Waals surface area (Å²) in [4.78, 5) is 5.44. The zero-order valence-electron chi connectivity index (χ0n) is 14.4. The summed E-state index contributed by atoms with van der Waals surface area (Å²) in [7, 11) is -4.34. The van der Waals surface area contributed by atoms with Crippen molar-refractivity contribution in [3.63, 3.8) is 0 Å². The van der Waals surface area contributed by atoms with Gasteiger partial charge in [-0.3, -0.25) is 4.90 Å². The van der Waals surface area contributed by atoms with E-state index in [-0.39, 0.29) is 6.54 Å². The number of anilines is 1. The van der Waals surface area contributed by atoms with Crippen molar-refractivity contribution >= 4 is 15.7 Å². The van der Waals surface area contributed by atoms with Crippen molar-refractivity contribution < 1.29 is 26.3 Å². The highest BCUT2D eigenvalue weighted by molar-refractivity contribution is 7.91. The van der Waals surface area contributed by atoms with E-state index in [1.54, 1.807) is 0 Å². The van der Waals surface area contributed by atoms with Crippen molar-refractivity contribution in [1.29, 1.82) is 0 Å². The molecule has 10 heteroatoms. The number of hydrogen-bond acceptors (Lipinski definition) is 6. The summed E-state index contributed by atoms with van der Waals surface area (Å²) in [6.45, 7) is 3.02. The molecule has 146 valence electrons. The highest BCUT2D eigenvalue weighted by Gasteiger charge is 2.32. The lowest BCUT2D eigenvalue weighted by Crippen LogP contribution is -2.39. The zero-order valence-corrected chi connectivity index (χ0v) is 15.2. The maximum atomic E-state index is 14.8. The molecule has 26 heavy (non-hydrogen) atoms. The highest BCUT2D eigenvalue weighted by atomic mass is 32.2. The topological polar surface area (TPSA) is 62.7 Å². The van der Waals surface area contributed by atoms with E-state index in [0.29, 0.717) is 39.4 Å². The van der Waals surface area contributed by atoms with Crippen molar-refractivity contribution in [3.05, 3.63) is 17.6 Å². The molecule has 0 aliphatic carbocycles. The molecule has 0 unspecified atom stereocenters. The zero-order chi connectivity index (χ0) is 18.7. The van der Waals surface area contributed by atoms with Crippen LogP contribution in [0.1, 0.15) is 19.3 Å². The molecule has 3 rings (SSSR count). The van der Waals surface area contributed by atoms with Gasteiger partial charge >= 0.3 is 0 Å². The molecule has 0 amide bonds. The predicted octanol–water partition coefficient (Wildman–Crippen LogP) is 1.60. The standard InChI is InChI=1S/C16H22F3N3O3S/c17-12-14(26(23,24)11-8-21-6-9-25-10-7-21)13(18)16(20-15(12)19)22-4-2-1-3-5-22/h1-11H2. The summed E-state index contributed by atoms with van der Waals surface area (Å²) in [6.07, 6.45) is 2.48. The SMILES string of the molecule is O=S(=O)(CCN1CCOCC1)c1c(F)c(F)nc(N2CCCCC2)c1F. The molecule has 0 N–H and O–H groups in total. The van der Waals surface area contributed by atoms with Crippen LogP contribution in [0, 0.1) is 17.6 Å². The minimum Gasteiger partial charge on any atom is -0.379 e. The predicted molar refractivity (Wildman–Crippen MR) is 89.5 cm³/mol. The Hall–Kier alpha value is -1.39. The average molecular weight is 393 g/mol. The summed E-state index contributed by atoms with van der Waals surface area (Å²) in [6, 6.07) is 0. The molecular formula is C16H22F3N3O3S. The number of aromatic nitrogens is 1. The molecular weight excluding hydrogens is 371 g/mol. The van der Waals surface area contributed by atoms with Crippen LogP contribution in [0.2, 0.25) is 0 Å². The van der Waals surface area contributed by atoms with E-state index >= 15 is 0 Å². The van der Waals surface area contributed by atoms with Crippen LogP contribution in [0.15, 0.2) is 4.90 Å². The molecule has 2 fully saturated rings. The lowest BCUT2D eigenvalue weighted by molar-refractivity contribution is 0.0408. The Labute approximate surface area is 150 Å². The van der Waals surface area contributed by atoms with Crippen LogP contribution >= 0.6 is 0 Å². The number of pyridine rings is 1. The molecule has 0 spiro atoms. The number of nitrogens with zero attached hydrogens (tertiary/aromatic N) is 3. The van der Waals surface area contributed by atoms with Crippen molar-refractivity contribution in [1.82, 2.24) is 9.88 Å². The van der Waals surface area contributed by atoms with Gasteiger partial charge in [0.2, 0.25) is 0 Å². The minimum absolute atomic E-state index is 0.105. The molecule has 2 aliphatic heterocycles. The Morgan fingerprint density at radius 3 is 2.27 bits per heavy atom. The first-order valence-electron chi connectivity index (χ1n) is 8.72. The summed E-state index contributed by atoms with van der Waals surface area (Å²) >= 11 is 0. The number of rotatable bonds is 5. The van der Waals surface area contributed by atoms with E-state index < -0.39 is 43.9 Å². The van der Waals surface area contributed by atoms with Crippen LogP contribution in [-0.4, -0.2) is 70.0 Å². The molecule has 1 aromatic heterocycles. The largest absolute Gasteiger partial charge is 0.379 e. The van der Waals surface area contributed by atoms with Crippen LogP contribution in [0.3, 0.4) is 0 Å². The van der Waals surface area contributed by atoms with Gasteiger partial charge < -0.3 is 9.64 Å². The van der Waals surface area contributed by atoms with Crippen LogP contribution in [-0.2, 0) is 14.6 Å². The molecule has 1 aromatic rings. The fourth-order valence-electron chi connectivity index (χ4n) is 3.25. The molecule has 2 saturated heterocycles. The summed E-state index contributed by atoms with van der Waals surface area (Å²) in [5, 5.41) is 0. The number of hydrogen-bond donors (Lipinski definition) is 0. The van der Waals surface area contributed by atoms with Crippen molar-refractivity contribution in [2.24, 2.45) is 0 Å². The average Bonchev–Trinajstić information content (AvgIpc) is 2.65. The van der Waals surface area contributed by atoms with E-state index in [0.717, 1.165) is 19.3 Å². The molecule has 2 aliphatic rings. The first-order chi connectivity index (χ1) is 12.4. The summed E-state index contributed by atoms with van der Waals surface area (Å²) in [5.41, 5.74) is 0. The molecule has 0 saturated carbocycles. The van der Waals surface area contributed by atoms with Crippen molar-refractivity contribution in [2.75, 3.05) is 56.6 Å². The lowest BCUT2D eigenvalue weighted by atomic mass is 10.1. The second-order valence-corrected chi connectivity index (χ2v) is 8.55. The monoisotopic (exact) mass is 393 g/mol. The Balaban J connectivity index is 1.88. The number of halogens is 3. The van der Waals surface area contributed by atoms with E-state index in [9.17, 15) is 21.6 Å². The van der Waals surface area contributed by atoms with Gasteiger partial charge in [-0.1, -0.05) is 0 Å². The molecule has 3 heterocycles. The third-order valence-corrected chi connectivity index (χ3v) is 6.43. The quantitative estimate of drug-likeness (QED) is 0.708. The Morgan fingerprint density at radius 2 is 1.62 bits per heavy atom. The van der Waals surface area contributed by atoms with Crippen molar-refractivity contribution in [3.8, 4) is 0 Å². The van der Waals surface area contributed by atoms with Crippen LogP contribution in [0.5, 0.6) is 0 Å². The van der Waals surface area contributed by atoms with Crippen LogP contribution in [0.4, 0.5) is 19.0 Å². The second-order valence-electron chi connectivity index (χ2n) is 6.50. The summed E-state index contributed by atoms with van der Waals surface area (Å²) in [5.74, 6) is -5.55. The van der Waals surface area contributed by atoms with Crippen molar-refractivity contribution in [2.45, 2.75) is 24.2 Å². The first kappa shape index (κ1) is 19.4. The number of morpholine rings is 1. The van der Waals surface area contributed by atoms with E-state index in [1.807, 2.05) is 4.90 Å². The molecule has 0 bridgehead atoms. The Morgan fingerprint density at radius 1 is 0.962 bits per heavy atom. The van der Waals surface area contributed by atoms with Gasteiger partial charge in [0.15, 0.2) is 27.3 Å². The van der Waals surface area contributed by atoms with Gasteiger partial charge in [-0.2, -0.15) is 9.37 Å². The van der Waals surface area contributed by atoms with Gasteiger partial charge in [0.05, 0.1) is 19.0 Å². The van der Waals surface area contributed by atoms with E-state index in [1.165, 1.54) is 4.90 Å². The van der Waals surface area contributed by atoms with Crippen LogP contribution < -0.4 is 4.90 Å². The molecule has 6 nitrogen and oxygen atoms in total. The maximum absolute atomic E-state index is 14.8. The van der Waals surface area contributed by atoms with Gasteiger partial charge in [-0.15, -0.1) is 0 Å². The Kier molecular flexibility index (Phi) is 6.03. The minimum atomic E-state index is -4.34. The fourth-order valence-corrected chi connectivity index (χ4v) is 4.67. The number of piperidine rings is 1. The molecule has 0 atom stereocenters. The van der Waals surface area contributed by atoms with Gasteiger partial charge in [-0.25, -0.2) is 17.2 Å². The fraction of sp³-hybridized carbons (Fsp3) is 0.688. The van der Waals surface area contributed by atoms with E-state index in [4.69, 9.17) is 4.74 Å². The lowest BCUT2D eigenvalue weighted by Gasteiger charge is -2.29. The molecule has 0 aromatic carbocycles. The van der Waals surface area contributed by atoms with E-state index in [2.05, 4.69) is 4.98 Å². The summed E-state index contributed by atoms with van der Waals surface area (Å²) < 4.78 is 73.2. The second kappa shape index (κ2) is 8.10. The van der Waals surface area contributed by atoms with Gasteiger partial charge in [0.1, 0.15) is 4.90 Å². The van der Waals surface area contributed by atoms with Gasteiger partial charge in [0, 0.05) is 32.7 Å². The van der Waals surface area contributed by atoms with Gasteiger partial charge in [0.25, 0.3) is 5.95 Å². The maximum Gasteiger partial charge on any atom is 0.252 e. The normalized spacial score (nSPS) is 19.7. The third-order valence-electron chi connectivity index (χ3n) is 4.73. The van der Waals surface area contributed by atoms with Crippen LogP contribution in [0.25, 0.3) is 0 Å². The van der Waals surface area contributed by atoms with Gasteiger partial charge in [-0.05, 0) is 19.3 Å². The molecule has 0 radical (unpaired) electrons. The third kappa shape index (κ3) is 4.12. The number of ether oxygens (including phenoxy) is 1. The number of sulfone groups is 1. The Bertz CT molecular complexity index is 749. The smallest absolute Gasteiger partial charge is 0.252 e. The first-order valence-corrected chi connectivity index (χ1v) is 10.4. The highest BCUT2D eigenvalue weighted by Crippen LogP contribution is 2.30.